The van der Waals surface area contributed by atoms with Crippen LogP contribution in [0.25, 0.3) is 0 Å². The van der Waals surface area contributed by atoms with Gasteiger partial charge in [0.25, 0.3) is 0 Å². The summed E-state index contributed by atoms with van der Waals surface area (Å²) in [4.78, 5) is 12.2. The number of Topliss-reactive ketones (excluding diaryl/α,β-unsaturated/α-hetero) is 1. The molecule has 1 saturated carbocycles. The Labute approximate surface area is 106 Å². The summed E-state index contributed by atoms with van der Waals surface area (Å²) in [5.74, 6) is 2.56. The molecule has 1 N–H and O–H groups in total. The third-order valence-corrected chi connectivity index (χ3v) is 5.55. The summed E-state index contributed by atoms with van der Waals surface area (Å²) in [6, 6.07) is 0. The van der Waals surface area contributed by atoms with Crippen LogP contribution in [0, 0.1) is 11.8 Å². The Morgan fingerprint density at radius 3 is 2.88 bits per heavy atom. The first-order valence-electron chi connectivity index (χ1n) is 6.64. The summed E-state index contributed by atoms with van der Waals surface area (Å²) < 4.78 is 5.91. The van der Waals surface area contributed by atoms with Gasteiger partial charge in [-0.3, -0.25) is 4.79 Å². The van der Waals surface area contributed by atoms with E-state index in [-0.39, 0.29) is 23.2 Å². The fourth-order valence-corrected chi connectivity index (χ4v) is 4.40. The van der Waals surface area contributed by atoms with Crippen molar-refractivity contribution in [1.29, 1.82) is 0 Å². The van der Waals surface area contributed by atoms with E-state index in [4.69, 9.17) is 4.74 Å². The highest BCUT2D eigenvalue weighted by Crippen LogP contribution is 2.42. The molecule has 3 unspecified atom stereocenters. The molecular formula is C13H20O3S. The Kier molecular flexibility index (Phi) is 3.22. The van der Waals surface area contributed by atoms with Crippen LogP contribution in [-0.4, -0.2) is 40.7 Å². The highest BCUT2D eigenvalue weighted by Gasteiger charge is 2.45. The van der Waals surface area contributed by atoms with Crippen LogP contribution in [0.3, 0.4) is 0 Å². The molecule has 0 bridgehead atoms. The zero-order valence-corrected chi connectivity index (χ0v) is 10.9. The Balaban J connectivity index is 1.64. The predicted octanol–water partition coefficient (Wildman–Crippen LogP) is 1.63. The van der Waals surface area contributed by atoms with Gasteiger partial charge in [-0.25, -0.2) is 0 Å². The molecule has 17 heavy (non-hydrogen) atoms. The Hall–Kier alpha value is -0.0600. The number of carbonyl (C=O) groups is 1. The summed E-state index contributed by atoms with van der Waals surface area (Å²) >= 11 is 1.92. The number of ether oxygens (including phenoxy) is 1. The normalized spacial score (nSPS) is 39.5. The molecule has 2 saturated heterocycles. The Bertz CT molecular complexity index is 308. The van der Waals surface area contributed by atoms with E-state index < -0.39 is 6.10 Å². The minimum Gasteiger partial charge on any atom is -0.385 e. The molecule has 3 rings (SSSR count). The minimum atomic E-state index is -0.691. The summed E-state index contributed by atoms with van der Waals surface area (Å²) in [6.45, 7) is 0.689. The maximum atomic E-state index is 12.2. The quantitative estimate of drug-likeness (QED) is 0.833. The van der Waals surface area contributed by atoms with Gasteiger partial charge in [0.05, 0.1) is 5.60 Å². The maximum absolute atomic E-state index is 12.2. The molecule has 4 heteroatoms. The van der Waals surface area contributed by atoms with Gasteiger partial charge in [-0.1, -0.05) is 0 Å². The van der Waals surface area contributed by atoms with Gasteiger partial charge >= 0.3 is 0 Å². The Morgan fingerprint density at radius 2 is 2.24 bits per heavy atom. The third-order valence-electron chi connectivity index (χ3n) is 4.32. The topological polar surface area (TPSA) is 46.5 Å². The lowest BCUT2D eigenvalue weighted by Crippen LogP contribution is -2.44. The van der Waals surface area contributed by atoms with E-state index in [0.29, 0.717) is 6.61 Å². The zero-order valence-electron chi connectivity index (χ0n) is 10.1. The van der Waals surface area contributed by atoms with Gasteiger partial charge < -0.3 is 9.84 Å². The van der Waals surface area contributed by atoms with Gasteiger partial charge in [0, 0.05) is 18.3 Å². The number of hydrogen-bond donors (Lipinski definition) is 1. The number of thioether (sulfide) groups is 1. The Morgan fingerprint density at radius 1 is 1.41 bits per heavy atom. The van der Waals surface area contributed by atoms with E-state index in [1.807, 2.05) is 11.8 Å². The molecule has 2 aliphatic heterocycles. The highest BCUT2D eigenvalue weighted by atomic mass is 32.2. The summed E-state index contributed by atoms with van der Waals surface area (Å²) in [7, 11) is 0. The fourth-order valence-electron chi connectivity index (χ4n) is 3.02. The van der Waals surface area contributed by atoms with Crippen molar-refractivity contribution in [2.24, 2.45) is 11.8 Å². The fraction of sp³-hybridized carbons (Fsp3) is 0.923. The van der Waals surface area contributed by atoms with Crippen LogP contribution in [0.4, 0.5) is 0 Å². The van der Waals surface area contributed by atoms with Gasteiger partial charge in [0.15, 0.2) is 5.78 Å². The second-order valence-corrected chi connectivity index (χ2v) is 6.81. The minimum absolute atomic E-state index is 0.0399. The first-order chi connectivity index (χ1) is 8.20. The lowest BCUT2D eigenvalue weighted by molar-refractivity contribution is -0.142. The number of ketones is 1. The van der Waals surface area contributed by atoms with Gasteiger partial charge in [0.1, 0.15) is 6.10 Å². The second kappa shape index (κ2) is 4.56. The molecule has 1 spiro atoms. The molecule has 0 radical (unpaired) electrons. The lowest BCUT2D eigenvalue weighted by Gasteiger charge is -2.37. The van der Waals surface area contributed by atoms with Crippen LogP contribution >= 0.6 is 11.8 Å². The van der Waals surface area contributed by atoms with Gasteiger partial charge in [-0.2, -0.15) is 11.8 Å². The maximum Gasteiger partial charge on any atom is 0.164 e. The highest BCUT2D eigenvalue weighted by molar-refractivity contribution is 7.99. The van der Waals surface area contributed by atoms with Crippen molar-refractivity contribution in [3.63, 3.8) is 0 Å². The molecule has 0 aromatic carbocycles. The molecule has 96 valence electrons. The summed E-state index contributed by atoms with van der Waals surface area (Å²) in [5.41, 5.74) is -0.0491. The molecule has 2 heterocycles. The average molecular weight is 256 g/mol. The summed E-state index contributed by atoms with van der Waals surface area (Å²) in [5, 5.41) is 9.95. The molecular weight excluding hydrogens is 236 g/mol. The van der Waals surface area contributed by atoms with Gasteiger partial charge in [-0.05, 0) is 43.8 Å². The van der Waals surface area contributed by atoms with Crippen LogP contribution in [0.5, 0.6) is 0 Å². The van der Waals surface area contributed by atoms with Crippen LogP contribution in [-0.2, 0) is 9.53 Å². The monoisotopic (exact) mass is 256 g/mol. The molecule has 3 nitrogen and oxygen atoms in total. The third kappa shape index (κ3) is 2.40. The van der Waals surface area contributed by atoms with Crippen molar-refractivity contribution < 1.29 is 14.6 Å². The standard InChI is InChI=1S/C13H20O3S/c14-11(9-1-2-9)12(15)10-3-5-16-13(7-10)4-6-17-8-13/h9-11,14H,1-8H2. The first-order valence-corrected chi connectivity index (χ1v) is 7.79. The summed E-state index contributed by atoms with van der Waals surface area (Å²) in [6.07, 6.45) is 4.07. The van der Waals surface area contributed by atoms with Crippen molar-refractivity contribution >= 4 is 17.5 Å². The SMILES string of the molecule is O=C(C1CCOC2(CCSC2)C1)C(O)C1CC1. The van der Waals surface area contributed by atoms with Crippen LogP contribution < -0.4 is 0 Å². The molecule has 1 aliphatic carbocycles. The van der Waals surface area contributed by atoms with Crippen molar-refractivity contribution in [1.82, 2.24) is 0 Å². The van der Waals surface area contributed by atoms with E-state index in [9.17, 15) is 9.90 Å². The first kappa shape index (κ1) is 12.0. The van der Waals surface area contributed by atoms with E-state index in [0.717, 1.165) is 43.6 Å². The van der Waals surface area contributed by atoms with Crippen LogP contribution in [0.2, 0.25) is 0 Å². The molecule has 0 aromatic rings. The average Bonchev–Trinajstić information content (AvgIpc) is 3.11. The smallest absolute Gasteiger partial charge is 0.164 e. The number of aliphatic hydroxyl groups excluding tert-OH is 1. The number of rotatable bonds is 3. The van der Waals surface area contributed by atoms with Crippen LogP contribution in [0.15, 0.2) is 0 Å². The van der Waals surface area contributed by atoms with Crippen LogP contribution in [0.1, 0.15) is 32.1 Å². The lowest BCUT2D eigenvalue weighted by atomic mass is 9.81. The number of carbonyl (C=O) groups excluding carboxylic acids is 1. The zero-order chi connectivity index (χ0) is 11.9. The van der Waals surface area contributed by atoms with E-state index >= 15 is 0 Å². The van der Waals surface area contributed by atoms with E-state index in [1.165, 1.54) is 0 Å². The molecule has 3 fully saturated rings. The van der Waals surface area contributed by atoms with Crippen molar-refractivity contribution in [3.8, 4) is 0 Å². The largest absolute Gasteiger partial charge is 0.385 e. The van der Waals surface area contributed by atoms with Crippen molar-refractivity contribution in [2.45, 2.75) is 43.8 Å². The van der Waals surface area contributed by atoms with E-state index in [1.54, 1.807) is 0 Å². The molecule has 0 amide bonds. The van der Waals surface area contributed by atoms with Crippen molar-refractivity contribution in [3.05, 3.63) is 0 Å². The molecule has 0 aromatic heterocycles. The number of hydrogen-bond acceptors (Lipinski definition) is 4. The van der Waals surface area contributed by atoms with E-state index in [2.05, 4.69) is 0 Å². The molecule has 3 aliphatic rings. The van der Waals surface area contributed by atoms with Crippen molar-refractivity contribution in [2.75, 3.05) is 18.1 Å². The van der Waals surface area contributed by atoms with Gasteiger partial charge in [-0.15, -0.1) is 0 Å². The second-order valence-electron chi connectivity index (χ2n) is 5.71. The molecule has 3 atom stereocenters. The number of aliphatic hydroxyl groups is 1. The predicted molar refractivity (Wildman–Crippen MR) is 67.1 cm³/mol. The van der Waals surface area contributed by atoms with Gasteiger partial charge in [0.2, 0.25) is 0 Å².